The van der Waals surface area contributed by atoms with Crippen LogP contribution < -0.4 is 5.32 Å². The molecule has 1 amide bonds. The number of amides is 1. The number of halogens is 1. The van der Waals surface area contributed by atoms with Crippen molar-refractivity contribution < 1.29 is 17.6 Å². The number of hydrogen-bond acceptors (Lipinski definition) is 4. The average Bonchev–Trinajstić information content (AvgIpc) is 3.22. The van der Waals surface area contributed by atoms with Gasteiger partial charge in [0.1, 0.15) is 5.76 Å². The Morgan fingerprint density at radius 3 is 2.47 bits per heavy atom. The summed E-state index contributed by atoms with van der Waals surface area (Å²) in [6.07, 6.45) is 2.13. The smallest absolute Gasteiger partial charge is 0.243 e. The second-order valence-corrected chi connectivity index (χ2v) is 9.21. The van der Waals surface area contributed by atoms with Crippen LogP contribution in [0, 0.1) is 6.92 Å². The summed E-state index contributed by atoms with van der Waals surface area (Å²) in [5, 5.41) is 3.24. The molecule has 0 unspecified atom stereocenters. The van der Waals surface area contributed by atoms with Crippen molar-refractivity contribution in [1.82, 2.24) is 9.62 Å². The maximum atomic E-state index is 13.1. The monoisotopic (exact) mass is 446 g/mol. The van der Waals surface area contributed by atoms with Crippen molar-refractivity contribution in [2.75, 3.05) is 13.1 Å². The highest BCUT2D eigenvalue weighted by Crippen LogP contribution is 2.20. The van der Waals surface area contributed by atoms with Crippen molar-refractivity contribution >= 4 is 27.5 Å². The molecule has 2 aromatic carbocycles. The van der Waals surface area contributed by atoms with E-state index in [1.807, 2.05) is 31.2 Å². The third kappa shape index (κ3) is 5.72. The van der Waals surface area contributed by atoms with Gasteiger partial charge in [-0.25, -0.2) is 8.42 Å². The standard InChI is InChI=1S/C22H23ClN2O4S/c1-17-5-2-3-6-18(17)12-13-24-22(26)16-25(15-20-7-4-14-29-20)30(27,28)21-10-8-19(23)9-11-21/h2-11,14H,12-13,15-16H2,1H3,(H,24,26). The summed E-state index contributed by atoms with van der Waals surface area (Å²) in [4.78, 5) is 12.6. The molecule has 0 saturated heterocycles. The minimum atomic E-state index is -3.92. The van der Waals surface area contributed by atoms with E-state index in [-0.39, 0.29) is 23.9 Å². The van der Waals surface area contributed by atoms with Gasteiger partial charge in [0.15, 0.2) is 0 Å². The van der Waals surface area contributed by atoms with Crippen LogP contribution in [0.2, 0.25) is 5.02 Å². The van der Waals surface area contributed by atoms with E-state index >= 15 is 0 Å². The fourth-order valence-electron chi connectivity index (χ4n) is 3.00. The molecule has 30 heavy (non-hydrogen) atoms. The molecule has 3 rings (SSSR count). The number of benzene rings is 2. The van der Waals surface area contributed by atoms with Crippen LogP contribution in [0.25, 0.3) is 0 Å². The van der Waals surface area contributed by atoms with E-state index in [1.165, 1.54) is 30.5 Å². The summed E-state index contributed by atoms with van der Waals surface area (Å²) in [7, 11) is -3.92. The fraction of sp³-hybridized carbons (Fsp3) is 0.227. The molecule has 3 aromatic rings. The molecule has 0 aliphatic heterocycles. The first-order chi connectivity index (χ1) is 14.4. The molecule has 8 heteroatoms. The third-order valence-electron chi connectivity index (χ3n) is 4.66. The zero-order valence-electron chi connectivity index (χ0n) is 16.5. The number of furan rings is 1. The summed E-state index contributed by atoms with van der Waals surface area (Å²) in [5.74, 6) is 0.0629. The summed E-state index contributed by atoms with van der Waals surface area (Å²) < 4.78 is 32.6. The lowest BCUT2D eigenvalue weighted by Gasteiger charge is -2.21. The number of nitrogens with one attached hydrogen (secondary N) is 1. The van der Waals surface area contributed by atoms with Crippen LogP contribution in [0.5, 0.6) is 0 Å². The van der Waals surface area contributed by atoms with Crippen LogP contribution in [0.1, 0.15) is 16.9 Å². The molecule has 1 aromatic heterocycles. The molecule has 158 valence electrons. The average molecular weight is 447 g/mol. The SMILES string of the molecule is Cc1ccccc1CCNC(=O)CN(Cc1ccco1)S(=O)(=O)c1ccc(Cl)cc1. The fourth-order valence-corrected chi connectivity index (χ4v) is 4.49. The van der Waals surface area contributed by atoms with E-state index in [0.29, 0.717) is 23.7 Å². The predicted molar refractivity (Wildman–Crippen MR) is 116 cm³/mol. The van der Waals surface area contributed by atoms with Crippen LogP contribution in [0.3, 0.4) is 0 Å². The Morgan fingerprint density at radius 2 is 1.80 bits per heavy atom. The Hall–Kier alpha value is -2.61. The third-order valence-corrected chi connectivity index (χ3v) is 6.72. The van der Waals surface area contributed by atoms with E-state index in [0.717, 1.165) is 15.4 Å². The molecular weight excluding hydrogens is 424 g/mol. The van der Waals surface area contributed by atoms with Gasteiger partial charge in [-0.1, -0.05) is 35.9 Å². The van der Waals surface area contributed by atoms with Crippen molar-refractivity contribution in [3.8, 4) is 0 Å². The molecule has 1 N–H and O–H groups in total. The van der Waals surface area contributed by atoms with Crippen LogP contribution in [-0.4, -0.2) is 31.7 Å². The Balaban J connectivity index is 1.70. The Labute approximate surface area is 181 Å². The molecule has 0 spiro atoms. The van der Waals surface area contributed by atoms with Crippen LogP contribution >= 0.6 is 11.6 Å². The zero-order chi connectivity index (χ0) is 21.6. The number of carbonyl (C=O) groups is 1. The molecule has 0 bridgehead atoms. The van der Waals surface area contributed by atoms with Gasteiger partial charge in [0.05, 0.1) is 24.2 Å². The topological polar surface area (TPSA) is 79.6 Å². The van der Waals surface area contributed by atoms with E-state index < -0.39 is 10.0 Å². The minimum absolute atomic E-state index is 0.0524. The quantitative estimate of drug-likeness (QED) is 0.542. The Bertz CT molecular complexity index is 1080. The number of sulfonamides is 1. The first kappa shape index (κ1) is 22.1. The lowest BCUT2D eigenvalue weighted by molar-refractivity contribution is -0.121. The lowest BCUT2D eigenvalue weighted by Crippen LogP contribution is -2.40. The highest BCUT2D eigenvalue weighted by Gasteiger charge is 2.27. The van der Waals surface area contributed by atoms with Gasteiger partial charge < -0.3 is 9.73 Å². The van der Waals surface area contributed by atoms with Gasteiger partial charge in [0, 0.05) is 11.6 Å². The minimum Gasteiger partial charge on any atom is -0.468 e. The first-order valence-electron chi connectivity index (χ1n) is 9.45. The highest BCUT2D eigenvalue weighted by molar-refractivity contribution is 7.89. The van der Waals surface area contributed by atoms with Gasteiger partial charge in [-0.15, -0.1) is 0 Å². The maximum absolute atomic E-state index is 13.1. The lowest BCUT2D eigenvalue weighted by atomic mass is 10.1. The maximum Gasteiger partial charge on any atom is 0.243 e. The molecule has 6 nitrogen and oxygen atoms in total. The van der Waals surface area contributed by atoms with Crippen LogP contribution in [-0.2, 0) is 27.8 Å². The van der Waals surface area contributed by atoms with E-state index in [1.54, 1.807) is 12.1 Å². The second kappa shape index (κ2) is 9.93. The molecule has 0 aliphatic rings. The summed E-state index contributed by atoms with van der Waals surface area (Å²) >= 11 is 5.87. The number of aryl methyl sites for hydroxylation is 1. The molecule has 0 atom stereocenters. The highest BCUT2D eigenvalue weighted by atomic mass is 35.5. The van der Waals surface area contributed by atoms with E-state index in [9.17, 15) is 13.2 Å². The van der Waals surface area contributed by atoms with Gasteiger partial charge in [-0.3, -0.25) is 4.79 Å². The first-order valence-corrected chi connectivity index (χ1v) is 11.3. The molecule has 0 aliphatic carbocycles. The number of carbonyl (C=O) groups excluding carboxylic acids is 1. The van der Waals surface area contributed by atoms with Crippen molar-refractivity contribution in [2.24, 2.45) is 0 Å². The normalized spacial score (nSPS) is 11.6. The largest absolute Gasteiger partial charge is 0.468 e. The molecule has 0 radical (unpaired) electrons. The van der Waals surface area contributed by atoms with Gasteiger partial charge in [0.2, 0.25) is 15.9 Å². The van der Waals surface area contributed by atoms with E-state index in [4.69, 9.17) is 16.0 Å². The van der Waals surface area contributed by atoms with Gasteiger partial charge in [0.25, 0.3) is 0 Å². The van der Waals surface area contributed by atoms with Crippen molar-refractivity contribution in [1.29, 1.82) is 0 Å². The van der Waals surface area contributed by atoms with Gasteiger partial charge >= 0.3 is 0 Å². The van der Waals surface area contributed by atoms with Crippen LogP contribution in [0.4, 0.5) is 0 Å². The van der Waals surface area contributed by atoms with Crippen molar-refractivity contribution in [2.45, 2.75) is 24.8 Å². The van der Waals surface area contributed by atoms with Crippen molar-refractivity contribution in [3.63, 3.8) is 0 Å². The summed E-state index contributed by atoms with van der Waals surface area (Å²) in [6.45, 7) is 2.06. The summed E-state index contributed by atoms with van der Waals surface area (Å²) in [6, 6.07) is 17.1. The molecule has 0 saturated carbocycles. The van der Waals surface area contributed by atoms with E-state index in [2.05, 4.69) is 5.32 Å². The van der Waals surface area contributed by atoms with Crippen molar-refractivity contribution in [3.05, 3.63) is 88.8 Å². The summed E-state index contributed by atoms with van der Waals surface area (Å²) in [5.41, 5.74) is 2.29. The molecule has 0 fully saturated rings. The predicted octanol–water partition coefficient (Wildman–Crippen LogP) is 3.79. The zero-order valence-corrected chi connectivity index (χ0v) is 18.1. The second-order valence-electron chi connectivity index (χ2n) is 6.83. The van der Waals surface area contributed by atoms with Crippen LogP contribution in [0.15, 0.2) is 76.2 Å². The molecular formula is C22H23ClN2O4S. The number of nitrogens with zero attached hydrogens (tertiary/aromatic N) is 1. The van der Waals surface area contributed by atoms with Gasteiger partial charge in [-0.05, 0) is 60.9 Å². The molecule has 1 heterocycles. The Kier molecular flexibility index (Phi) is 7.31. The number of rotatable bonds is 9. The number of hydrogen-bond donors (Lipinski definition) is 1. The van der Waals surface area contributed by atoms with Gasteiger partial charge in [-0.2, -0.15) is 4.31 Å². The Morgan fingerprint density at radius 1 is 1.07 bits per heavy atom.